The molecule has 0 atom stereocenters. The lowest BCUT2D eigenvalue weighted by atomic mass is 9.93. The van der Waals surface area contributed by atoms with Gasteiger partial charge in [0.05, 0.1) is 23.8 Å². The lowest BCUT2D eigenvalue weighted by molar-refractivity contribution is 0.0340. The molecular formula is C19H29N3O4S. The van der Waals surface area contributed by atoms with Crippen LogP contribution in [0, 0.1) is 5.92 Å². The van der Waals surface area contributed by atoms with Crippen molar-refractivity contribution in [2.45, 2.75) is 24.2 Å². The highest BCUT2D eigenvalue weighted by atomic mass is 32.2. The van der Waals surface area contributed by atoms with Crippen molar-refractivity contribution in [3.05, 3.63) is 24.3 Å². The second-order valence-corrected chi connectivity index (χ2v) is 9.36. The molecule has 7 nitrogen and oxygen atoms in total. The van der Waals surface area contributed by atoms with Gasteiger partial charge in [0.2, 0.25) is 0 Å². The van der Waals surface area contributed by atoms with Crippen LogP contribution in [0.3, 0.4) is 0 Å². The summed E-state index contributed by atoms with van der Waals surface area (Å²) in [6.07, 6.45) is 4.29. The van der Waals surface area contributed by atoms with E-state index in [1.54, 1.807) is 23.1 Å². The number of hydrogen-bond donors (Lipinski definition) is 1. The van der Waals surface area contributed by atoms with Crippen molar-refractivity contribution in [2.24, 2.45) is 5.92 Å². The van der Waals surface area contributed by atoms with Crippen molar-refractivity contribution < 1.29 is 17.9 Å². The predicted octanol–water partition coefficient (Wildman–Crippen LogP) is 2.06. The molecule has 2 fully saturated rings. The number of carbonyl (C=O) groups excluding carboxylic acids is 1. The van der Waals surface area contributed by atoms with Gasteiger partial charge in [-0.1, -0.05) is 12.1 Å². The second-order valence-electron chi connectivity index (χ2n) is 7.37. The minimum absolute atomic E-state index is 0.152. The number of morpholine rings is 1. The smallest absolute Gasteiger partial charge is 0.321 e. The zero-order valence-corrected chi connectivity index (χ0v) is 16.7. The number of sulfone groups is 1. The van der Waals surface area contributed by atoms with Gasteiger partial charge in [0.1, 0.15) is 0 Å². The van der Waals surface area contributed by atoms with Crippen molar-refractivity contribution >= 4 is 21.6 Å². The summed E-state index contributed by atoms with van der Waals surface area (Å²) >= 11 is 0. The number of urea groups is 1. The normalized spacial score (nSPS) is 19.8. The van der Waals surface area contributed by atoms with Gasteiger partial charge in [0.15, 0.2) is 9.84 Å². The number of hydrogen-bond acceptors (Lipinski definition) is 5. The number of para-hydroxylation sites is 1. The molecule has 0 bridgehead atoms. The fourth-order valence-corrected chi connectivity index (χ4v) is 4.55. The highest BCUT2D eigenvalue weighted by Crippen LogP contribution is 2.24. The molecule has 2 aliphatic heterocycles. The summed E-state index contributed by atoms with van der Waals surface area (Å²) in [6, 6.07) is 6.30. The molecule has 0 spiro atoms. The quantitative estimate of drug-likeness (QED) is 0.826. The number of amides is 2. The topological polar surface area (TPSA) is 79.0 Å². The Balaban J connectivity index is 1.48. The average molecular weight is 396 g/mol. The van der Waals surface area contributed by atoms with E-state index in [0.29, 0.717) is 24.7 Å². The predicted molar refractivity (Wildman–Crippen MR) is 105 cm³/mol. The number of rotatable bonds is 5. The highest BCUT2D eigenvalue weighted by molar-refractivity contribution is 7.90. The maximum atomic E-state index is 12.6. The van der Waals surface area contributed by atoms with E-state index in [9.17, 15) is 13.2 Å². The first-order valence-corrected chi connectivity index (χ1v) is 11.5. The molecule has 1 N–H and O–H groups in total. The monoisotopic (exact) mass is 395 g/mol. The van der Waals surface area contributed by atoms with Crippen LogP contribution in [0.15, 0.2) is 29.2 Å². The summed E-state index contributed by atoms with van der Waals surface area (Å²) in [7, 11) is -3.38. The van der Waals surface area contributed by atoms with Gasteiger partial charge in [-0.3, -0.25) is 4.90 Å². The van der Waals surface area contributed by atoms with Crippen molar-refractivity contribution in [1.29, 1.82) is 0 Å². The third-order valence-electron chi connectivity index (χ3n) is 5.39. The van der Waals surface area contributed by atoms with E-state index in [0.717, 1.165) is 58.4 Å². The molecule has 8 heteroatoms. The van der Waals surface area contributed by atoms with Gasteiger partial charge >= 0.3 is 6.03 Å². The van der Waals surface area contributed by atoms with Crippen molar-refractivity contribution in [2.75, 3.05) is 57.5 Å². The van der Waals surface area contributed by atoms with Crippen LogP contribution in [-0.2, 0) is 14.6 Å². The Morgan fingerprint density at radius 2 is 1.81 bits per heavy atom. The molecule has 0 saturated carbocycles. The van der Waals surface area contributed by atoms with E-state index in [1.807, 2.05) is 0 Å². The highest BCUT2D eigenvalue weighted by Gasteiger charge is 2.24. The fourth-order valence-electron chi connectivity index (χ4n) is 3.70. The summed E-state index contributed by atoms with van der Waals surface area (Å²) in [6.45, 7) is 6.20. The molecule has 2 heterocycles. The molecule has 2 saturated heterocycles. The van der Waals surface area contributed by atoms with Crippen LogP contribution >= 0.6 is 0 Å². The van der Waals surface area contributed by atoms with Crippen molar-refractivity contribution in [1.82, 2.24) is 9.80 Å². The van der Waals surface area contributed by atoms with Gasteiger partial charge < -0.3 is 15.0 Å². The van der Waals surface area contributed by atoms with Gasteiger partial charge in [0.25, 0.3) is 0 Å². The Labute approximate surface area is 161 Å². The van der Waals surface area contributed by atoms with Gasteiger partial charge in [-0.05, 0) is 43.9 Å². The van der Waals surface area contributed by atoms with Crippen LogP contribution in [0.4, 0.5) is 10.5 Å². The Hall–Kier alpha value is -1.64. The van der Waals surface area contributed by atoms with E-state index in [-0.39, 0.29) is 10.9 Å². The lowest BCUT2D eigenvalue weighted by Crippen LogP contribution is -2.42. The maximum Gasteiger partial charge on any atom is 0.321 e. The van der Waals surface area contributed by atoms with E-state index < -0.39 is 9.84 Å². The van der Waals surface area contributed by atoms with Crippen LogP contribution < -0.4 is 5.32 Å². The first-order valence-electron chi connectivity index (χ1n) is 9.58. The molecule has 0 aromatic heterocycles. The Morgan fingerprint density at radius 3 is 2.48 bits per heavy atom. The Kier molecular flexibility index (Phi) is 6.73. The molecule has 0 unspecified atom stereocenters. The van der Waals surface area contributed by atoms with Gasteiger partial charge in [0, 0.05) is 32.4 Å². The summed E-state index contributed by atoms with van der Waals surface area (Å²) in [5.74, 6) is 0.639. The van der Waals surface area contributed by atoms with E-state index in [2.05, 4.69) is 10.2 Å². The van der Waals surface area contributed by atoms with Gasteiger partial charge in [-0.15, -0.1) is 0 Å². The summed E-state index contributed by atoms with van der Waals surface area (Å²) in [5.41, 5.74) is 0.347. The van der Waals surface area contributed by atoms with Crippen LogP contribution in [0.25, 0.3) is 0 Å². The summed E-state index contributed by atoms with van der Waals surface area (Å²) < 4.78 is 29.1. The zero-order valence-electron chi connectivity index (χ0n) is 15.9. The number of carbonyl (C=O) groups is 1. The van der Waals surface area contributed by atoms with Crippen LogP contribution in [0.2, 0.25) is 0 Å². The summed E-state index contributed by atoms with van der Waals surface area (Å²) in [4.78, 5) is 16.9. The lowest BCUT2D eigenvalue weighted by Gasteiger charge is -2.34. The number of piperidine rings is 1. The number of likely N-dealkylation sites (tertiary alicyclic amines) is 1. The molecule has 3 rings (SSSR count). The van der Waals surface area contributed by atoms with Crippen LogP contribution in [0.1, 0.15) is 19.3 Å². The largest absolute Gasteiger partial charge is 0.379 e. The standard InChI is InChI=1S/C19H29N3O4S/c1-27(24,25)18-5-3-2-4-17(18)20-19(23)22-10-7-16(8-11-22)6-9-21-12-14-26-15-13-21/h2-5,16H,6-15H2,1H3,(H,20,23). The first-order chi connectivity index (χ1) is 12.9. The minimum Gasteiger partial charge on any atom is -0.379 e. The van der Waals surface area contributed by atoms with Crippen LogP contribution in [0.5, 0.6) is 0 Å². The minimum atomic E-state index is -3.38. The van der Waals surface area contributed by atoms with Crippen molar-refractivity contribution in [3.8, 4) is 0 Å². The van der Waals surface area contributed by atoms with Crippen molar-refractivity contribution in [3.63, 3.8) is 0 Å². The number of benzene rings is 1. The van der Waals surface area contributed by atoms with Gasteiger partial charge in [-0.2, -0.15) is 0 Å². The third-order valence-corrected chi connectivity index (χ3v) is 6.54. The molecule has 1 aromatic rings. The molecule has 0 radical (unpaired) electrons. The molecule has 2 amide bonds. The zero-order chi connectivity index (χ0) is 19.3. The first kappa shape index (κ1) is 20.1. The number of nitrogens with zero attached hydrogens (tertiary/aromatic N) is 2. The molecule has 1 aromatic carbocycles. The third kappa shape index (κ3) is 5.67. The number of anilines is 1. The van der Waals surface area contributed by atoms with Crippen LogP contribution in [-0.4, -0.2) is 76.4 Å². The SMILES string of the molecule is CS(=O)(=O)c1ccccc1NC(=O)N1CCC(CCN2CCOCC2)CC1. The Morgan fingerprint density at radius 1 is 1.15 bits per heavy atom. The molecule has 2 aliphatic rings. The Bertz CT molecular complexity index is 739. The fraction of sp³-hybridized carbons (Fsp3) is 0.632. The second kappa shape index (κ2) is 9.03. The average Bonchev–Trinajstić information content (AvgIpc) is 2.67. The molecule has 150 valence electrons. The van der Waals surface area contributed by atoms with E-state index in [4.69, 9.17) is 4.74 Å². The van der Waals surface area contributed by atoms with E-state index in [1.165, 1.54) is 6.07 Å². The molecule has 0 aliphatic carbocycles. The molecule has 27 heavy (non-hydrogen) atoms. The van der Waals surface area contributed by atoms with Gasteiger partial charge in [-0.25, -0.2) is 13.2 Å². The molecular weight excluding hydrogens is 366 g/mol. The number of nitrogens with one attached hydrogen (secondary N) is 1. The number of ether oxygens (including phenoxy) is 1. The van der Waals surface area contributed by atoms with E-state index >= 15 is 0 Å². The summed E-state index contributed by atoms with van der Waals surface area (Å²) in [5, 5.41) is 2.77. The maximum absolute atomic E-state index is 12.6.